The lowest BCUT2D eigenvalue weighted by atomic mass is 10.00. The van der Waals surface area contributed by atoms with E-state index in [1.54, 1.807) is 4.90 Å². The molecule has 3 amide bonds. The Labute approximate surface area is 164 Å². The SMILES string of the molecule is C[C@@H](Cc1ccccc1Cl)C(=O)N[C@H]1CCN(C(=O)Nc2ccccc2)C1. The highest BCUT2D eigenvalue weighted by molar-refractivity contribution is 6.31. The van der Waals surface area contributed by atoms with Gasteiger partial charge in [-0.25, -0.2) is 4.79 Å². The monoisotopic (exact) mass is 385 g/mol. The summed E-state index contributed by atoms with van der Waals surface area (Å²) in [5, 5.41) is 6.62. The van der Waals surface area contributed by atoms with Crippen LogP contribution in [0, 0.1) is 5.92 Å². The highest BCUT2D eigenvalue weighted by Crippen LogP contribution is 2.19. The molecule has 0 radical (unpaired) electrons. The number of hydrogen-bond donors (Lipinski definition) is 2. The molecule has 2 N–H and O–H groups in total. The molecule has 0 aliphatic carbocycles. The molecule has 1 heterocycles. The molecular formula is C21H24ClN3O2. The fraction of sp³-hybridized carbons (Fsp3) is 0.333. The molecule has 2 aromatic carbocycles. The van der Waals surface area contributed by atoms with Gasteiger partial charge in [0.25, 0.3) is 0 Å². The Hall–Kier alpha value is -2.53. The summed E-state index contributed by atoms with van der Waals surface area (Å²) in [5.41, 5.74) is 1.74. The minimum atomic E-state index is -0.183. The number of likely N-dealkylation sites (tertiary alicyclic amines) is 1. The first kappa shape index (κ1) is 19.2. The first-order valence-electron chi connectivity index (χ1n) is 9.17. The second-order valence-corrected chi connectivity index (χ2v) is 7.34. The number of para-hydroxylation sites is 1. The highest BCUT2D eigenvalue weighted by atomic mass is 35.5. The third-order valence-corrected chi connectivity index (χ3v) is 5.15. The molecule has 2 aromatic rings. The summed E-state index contributed by atoms with van der Waals surface area (Å²) in [6.07, 6.45) is 1.35. The van der Waals surface area contributed by atoms with Crippen LogP contribution in [0.25, 0.3) is 0 Å². The molecule has 6 heteroatoms. The van der Waals surface area contributed by atoms with Crippen LogP contribution >= 0.6 is 11.6 Å². The van der Waals surface area contributed by atoms with Crippen molar-refractivity contribution in [1.29, 1.82) is 0 Å². The van der Waals surface area contributed by atoms with Crippen molar-refractivity contribution >= 4 is 29.2 Å². The van der Waals surface area contributed by atoms with E-state index in [1.807, 2.05) is 61.5 Å². The molecule has 1 fully saturated rings. The standard InChI is InChI=1S/C21H24ClN3O2/c1-15(13-16-7-5-6-10-19(16)22)20(26)23-18-11-12-25(14-18)21(27)24-17-8-3-2-4-9-17/h2-10,15,18H,11-14H2,1H3,(H,23,26)(H,24,27)/t15-,18-/m0/s1. The van der Waals surface area contributed by atoms with Gasteiger partial charge >= 0.3 is 6.03 Å². The Bertz CT molecular complexity index is 797. The zero-order valence-corrected chi connectivity index (χ0v) is 16.1. The summed E-state index contributed by atoms with van der Waals surface area (Å²) in [7, 11) is 0. The number of carbonyl (C=O) groups is 2. The molecular weight excluding hydrogens is 362 g/mol. The largest absolute Gasteiger partial charge is 0.351 e. The topological polar surface area (TPSA) is 61.4 Å². The van der Waals surface area contributed by atoms with Gasteiger partial charge in [0.05, 0.1) is 0 Å². The molecule has 1 saturated heterocycles. The molecule has 2 atom stereocenters. The predicted octanol–water partition coefficient (Wildman–Crippen LogP) is 3.94. The molecule has 0 spiro atoms. The van der Waals surface area contributed by atoms with Crippen molar-refractivity contribution in [2.75, 3.05) is 18.4 Å². The average Bonchev–Trinajstić information content (AvgIpc) is 3.13. The van der Waals surface area contributed by atoms with Gasteiger partial charge in [-0.2, -0.15) is 0 Å². The molecule has 27 heavy (non-hydrogen) atoms. The fourth-order valence-corrected chi connectivity index (χ4v) is 3.43. The van der Waals surface area contributed by atoms with Crippen molar-refractivity contribution in [2.45, 2.75) is 25.8 Å². The minimum absolute atomic E-state index is 0.00904. The van der Waals surface area contributed by atoms with Gasteiger partial charge in [-0.1, -0.05) is 54.9 Å². The summed E-state index contributed by atoms with van der Waals surface area (Å²) in [5.74, 6) is -0.192. The van der Waals surface area contributed by atoms with Crippen LogP contribution in [0.2, 0.25) is 5.02 Å². The maximum absolute atomic E-state index is 12.5. The van der Waals surface area contributed by atoms with Gasteiger partial charge in [0.1, 0.15) is 0 Å². The van der Waals surface area contributed by atoms with E-state index in [1.165, 1.54) is 0 Å². The Morgan fingerprint density at radius 1 is 1.15 bits per heavy atom. The smallest absolute Gasteiger partial charge is 0.321 e. The molecule has 0 aromatic heterocycles. The molecule has 3 rings (SSSR count). The Morgan fingerprint density at radius 2 is 1.85 bits per heavy atom. The van der Waals surface area contributed by atoms with Crippen molar-refractivity contribution in [1.82, 2.24) is 10.2 Å². The predicted molar refractivity (Wildman–Crippen MR) is 108 cm³/mol. The molecule has 0 unspecified atom stereocenters. The van der Waals surface area contributed by atoms with E-state index in [9.17, 15) is 9.59 Å². The van der Waals surface area contributed by atoms with Gasteiger partial charge in [0, 0.05) is 35.8 Å². The van der Waals surface area contributed by atoms with E-state index in [4.69, 9.17) is 11.6 Å². The van der Waals surface area contributed by atoms with Crippen LogP contribution in [0.5, 0.6) is 0 Å². The number of anilines is 1. The van der Waals surface area contributed by atoms with Gasteiger partial charge in [-0.3, -0.25) is 4.79 Å². The number of halogens is 1. The maximum atomic E-state index is 12.5. The minimum Gasteiger partial charge on any atom is -0.351 e. The van der Waals surface area contributed by atoms with Crippen LogP contribution in [0.1, 0.15) is 18.9 Å². The lowest BCUT2D eigenvalue weighted by Crippen LogP contribution is -2.42. The summed E-state index contributed by atoms with van der Waals surface area (Å²) >= 11 is 6.18. The number of benzene rings is 2. The fourth-order valence-electron chi connectivity index (χ4n) is 3.22. The van der Waals surface area contributed by atoms with Crippen LogP contribution < -0.4 is 10.6 Å². The molecule has 1 aliphatic rings. The van der Waals surface area contributed by atoms with Crippen molar-refractivity contribution < 1.29 is 9.59 Å². The van der Waals surface area contributed by atoms with Crippen LogP contribution in [0.15, 0.2) is 54.6 Å². The van der Waals surface area contributed by atoms with Gasteiger partial charge in [0.2, 0.25) is 5.91 Å². The van der Waals surface area contributed by atoms with Crippen LogP contribution in [0.4, 0.5) is 10.5 Å². The van der Waals surface area contributed by atoms with Crippen molar-refractivity contribution in [2.24, 2.45) is 5.92 Å². The molecule has 0 saturated carbocycles. The number of amides is 3. The molecule has 142 valence electrons. The first-order valence-corrected chi connectivity index (χ1v) is 9.55. The second-order valence-electron chi connectivity index (χ2n) is 6.93. The van der Waals surface area contributed by atoms with Crippen molar-refractivity contribution in [3.63, 3.8) is 0 Å². The molecule has 1 aliphatic heterocycles. The van der Waals surface area contributed by atoms with E-state index < -0.39 is 0 Å². The Morgan fingerprint density at radius 3 is 2.59 bits per heavy atom. The van der Waals surface area contributed by atoms with Crippen LogP contribution in [-0.4, -0.2) is 36.0 Å². The number of urea groups is 1. The third kappa shape index (κ3) is 5.23. The maximum Gasteiger partial charge on any atom is 0.321 e. The van der Waals surface area contributed by atoms with Crippen molar-refractivity contribution in [3.05, 3.63) is 65.2 Å². The number of nitrogens with zero attached hydrogens (tertiary/aromatic N) is 1. The molecule has 5 nitrogen and oxygen atoms in total. The van der Waals surface area contributed by atoms with E-state index >= 15 is 0 Å². The summed E-state index contributed by atoms with van der Waals surface area (Å²) in [6, 6.07) is 16.8. The zero-order valence-electron chi connectivity index (χ0n) is 15.3. The lowest BCUT2D eigenvalue weighted by Gasteiger charge is -2.19. The quantitative estimate of drug-likeness (QED) is 0.818. The van der Waals surface area contributed by atoms with Gasteiger partial charge in [-0.05, 0) is 36.6 Å². The number of carbonyl (C=O) groups excluding carboxylic acids is 2. The van der Waals surface area contributed by atoms with Gasteiger partial charge < -0.3 is 15.5 Å². The van der Waals surface area contributed by atoms with Gasteiger partial charge in [-0.15, -0.1) is 0 Å². The summed E-state index contributed by atoms with van der Waals surface area (Å²) in [6.45, 7) is 3.04. The van der Waals surface area contributed by atoms with Crippen molar-refractivity contribution in [3.8, 4) is 0 Å². The van der Waals surface area contributed by atoms with E-state index in [-0.39, 0.29) is 23.9 Å². The van der Waals surface area contributed by atoms with E-state index in [0.29, 0.717) is 24.5 Å². The Kier molecular flexibility index (Phi) is 6.35. The zero-order chi connectivity index (χ0) is 19.2. The first-order chi connectivity index (χ1) is 13.0. The average molecular weight is 386 g/mol. The van der Waals surface area contributed by atoms with Gasteiger partial charge in [0.15, 0.2) is 0 Å². The highest BCUT2D eigenvalue weighted by Gasteiger charge is 2.28. The van der Waals surface area contributed by atoms with E-state index in [2.05, 4.69) is 10.6 Å². The number of rotatable bonds is 5. The number of nitrogens with one attached hydrogen (secondary N) is 2. The van der Waals surface area contributed by atoms with Crippen LogP contribution in [0.3, 0.4) is 0 Å². The summed E-state index contributed by atoms with van der Waals surface area (Å²) in [4.78, 5) is 26.6. The Balaban J connectivity index is 1.48. The molecule has 0 bridgehead atoms. The normalized spacial score (nSPS) is 17.4. The van der Waals surface area contributed by atoms with E-state index in [0.717, 1.165) is 17.7 Å². The number of hydrogen-bond acceptors (Lipinski definition) is 2. The van der Waals surface area contributed by atoms with Crippen LogP contribution in [-0.2, 0) is 11.2 Å². The third-order valence-electron chi connectivity index (χ3n) is 4.78. The second kappa shape index (κ2) is 8.91. The lowest BCUT2D eigenvalue weighted by molar-refractivity contribution is -0.125. The summed E-state index contributed by atoms with van der Waals surface area (Å²) < 4.78 is 0.